The molecule has 0 aliphatic carbocycles. The van der Waals surface area contributed by atoms with Crippen molar-refractivity contribution in [3.8, 4) is 22.9 Å². The van der Waals surface area contributed by atoms with E-state index in [4.69, 9.17) is 20.2 Å². The zero-order valence-corrected chi connectivity index (χ0v) is 13.3. The first kappa shape index (κ1) is 14.1. The predicted molar refractivity (Wildman–Crippen MR) is 89.8 cm³/mol. The number of hydrogen-bond acceptors (Lipinski definition) is 4. The van der Waals surface area contributed by atoms with E-state index in [2.05, 4.69) is 30.5 Å². The molecule has 118 valence electrons. The van der Waals surface area contributed by atoms with Gasteiger partial charge in [0, 0.05) is 18.7 Å². The van der Waals surface area contributed by atoms with Crippen LogP contribution in [0.15, 0.2) is 30.3 Å². The highest BCUT2D eigenvalue weighted by Gasteiger charge is 2.18. The van der Waals surface area contributed by atoms with E-state index in [1.54, 1.807) is 0 Å². The summed E-state index contributed by atoms with van der Waals surface area (Å²) in [7, 11) is 0. The minimum Gasteiger partial charge on any atom is -0.454 e. The van der Waals surface area contributed by atoms with Crippen LogP contribution in [-0.2, 0) is 6.54 Å². The first-order chi connectivity index (χ1) is 11.2. The fourth-order valence-corrected chi connectivity index (χ4v) is 2.99. The Morgan fingerprint density at radius 1 is 1.09 bits per heavy atom. The summed E-state index contributed by atoms with van der Waals surface area (Å²) in [6.45, 7) is 5.79. The molecular weight excluding hydrogens is 290 g/mol. The Kier molecular flexibility index (Phi) is 3.23. The largest absolute Gasteiger partial charge is 0.454 e. The van der Waals surface area contributed by atoms with Gasteiger partial charge in [-0.2, -0.15) is 0 Å². The van der Waals surface area contributed by atoms with Gasteiger partial charge in [0.1, 0.15) is 5.82 Å². The standard InChI is InChI=1S/C18H19N3O2/c1-11-7-14-15(8-12(11)2)21(6-5-19)18(20-14)13-3-4-16-17(9-13)23-10-22-16/h3-4,7-9H,5-6,10,19H2,1-2H3. The molecule has 3 aromatic rings. The molecule has 0 spiro atoms. The molecule has 5 nitrogen and oxygen atoms in total. The lowest BCUT2D eigenvalue weighted by Gasteiger charge is -2.09. The van der Waals surface area contributed by atoms with Crippen LogP contribution in [0, 0.1) is 13.8 Å². The first-order valence-electron chi connectivity index (χ1n) is 7.75. The Hall–Kier alpha value is -2.53. The smallest absolute Gasteiger partial charge is 0.231 e. The van der Waals surface area contributed by atoms with Gasteiger partial charge in [-0.15, -0.1) is 0 Å². The van der Waals surface area contributed by atoms with Crippen molar-refractivity contribution in [3.05, 3.63) is 41.5 Å². The molecule has 4 rings (SSSR count). The molecule has 2 aromatic carbocycles. The third kappa shape index (κ3) is 2.24. The SMILES string of the molecule is Cc1cc2nc(-c3ccc4c(c3)OCO4)n(CCN)c2cc1C. The highest BCUT2D eigenvalue weighted by Crippen LogP contribution is 2.36. The molecule has 0 bridgehead atoms. The zero-order chi connectivity index (χ0) is 16.0. The van der Waals surface area contributed by atoms with Crippen LogP contribution in [0.5, 0.6) is 11.5 Å². The Bertz CT molecular complexity index is 899. The van der Waals surface area contributed by atoms with Gasteiger partial charge in [-0.1, -0.05) is 0 Å². The van der Waals surface area contributed by atoms with Gasteiger partial charge < -0.3 is 19.8 Å². The maximum Gasteiger partial charge on any atom is 0.231 e. The van der Waals surface area contributed by atoms with Gasteiger partial charge in [0.25, 0.3) is 0 Å². The second-order valence-electron chi connectivity index (χ2n) is 5.87. The molecule has 23 heavy (non-hydrogen) atoms. The maximum absolute atomic E-state index is 5.82. The van der Waals surface area contributed by atoms with E-state index in [1.807, 2.05) is 18.2 Å². The number of fused-ring (bicyclic) bond motifs is 2. The molecule has 0 saturated carbocycles. The molecule has 2 N–H and O–H groups in total. The lowest BCUT2D eigenvalue weighted by atomic mass is 10.1. The van der Waals surface area contributed by atoms with Crippen molar-refractivity contribution in [3.63, 3.8) is 0 Å². The van der Waals surface area contributed by atoms with Crippen LogP contribution in [0.4, 0.5) is 0 Å². The van der Waals surface area contributed by atoms with Crippen LogP contribution in [0.25, 0.3) is 22.4 Å². The summed E-state index contributed by atoms with van der Waals surface area (Å²) < 4.78 is 13.1. The monoisotopic (exact) mass is 309 g/mol. The van der Waals surface area contributed by atoms with Crippen molar-refractivity contribution in [2.75, 3.05) is 13.3 Å². The van der Waals surface area contributed by atoms with Crippen LogP contribution < -0.4 is 15.2 Å². The molecule has 0 fully saturated rings. The van der Waals surface area contributed by atoms with E-state index in [0.29, 0.717) is 6.54 Å². The molecule has 0 amide bonds. The molecule has 0 atom stereocenters. The predicted octanol–water partition coefficient (Wildman–Crippen LogP) is 3.01. The minimum absolute atomic E-state index is 0.274. The molecule has 1 aliphatic rings. The van der Waals surface area contributed by atoms with Gasteiger partial charge in [-0.25, -0.2) is 4.98 Å². The number of aryl methyl sites for hydroxylation is 2. The summed E-state index contributed by atoms with van der Waals surface area (Å²) in [5, 5.41) is 0. The summed E-state index contributed by atoms with van der Waals surface area (Å²) in [5.41, 5.74) is 11.4. The summed E-state index contributed by atoms with van der Waals surface area (Å²) in [5.74, 6) is 2.46. The van der Waals surface area contributed by atoms with Crippen LogP contribution in [0.2, 0.25) is 0 Å². The minimum atomic E-state index is 0.274. The van der Waals surface area contributed by atoms with Crippen LogP contribution in [0.3, 0.4) is 0 Å². The summed E-state index contributed by atoms with van der Waals surface area (Å²) in [6.07, 6.45) is 0. The van der Waals surface area contributed by atoms with E-state index in [9.17, 15) is 0 Å². The average molecular weight is 309 g/mol. The maximum atomic E-state index is 5.82. The van der Waals surface area contributed by atoms with Gasteiger partial charge in [-0.3, -0.25) is 0 Å². The Labute approximate surface area is 134 Å². The Morgan fingerprint density at radius 3 is 2.70 bits per heavy atom. The molecular formula is C18H19N3O2. The topological polar surface area (TPSA) is 62.3 Å². The third-order valence-corrected chi connectivity index (χ3v) is 4.35. The molecule has 1 aromatic heterocycles. The molecule has 0 saturated heterocycles. The highest BCUT2D eigenvalue weighted by molar-refractivity contribution is 5.82. The zero-order valence-electron chi connectivity index (χ0n) is 13.3. The van der Waals surface area contributed by atoms with Crippen molar-refractivity contribution in [1.82, 2.24) is 9.55 Å². The van der Waals surface area contributed by atoms with Crippen molar-refractivity contribution in [2.24, 2.45) is 5.73 Å². The van der Waals surface area contributed by atoms with Crippen molar-refractivity contribution >= 4 is 11.0 Å². The average Bonchev–Trinajstić information content (AvgIpc) is 3.13. The fraction of sp³-hybridized carbons (Fsp3) is 0.278. The summed E-state index contributed by atoms with van der Waals surface area (Å²) in [4.78, 5) is 4.84. The summed E-state index contributed by atoms with van der Waals surface area (Å²) in [6, 6.07) is 10.2. The number of ether oxygens (including phenoxy) is 2. The molecule has 0 unspecified atom stereocenters. The van der Waals surface area contributed by atoms with E-state index in [0.717, 1.165) is 40.5 Å². The number of rotatable bonds is 3. The van der Waals surface area contributed by atoms with Gasteiger partial charge >= 0.3 is 0 Å². The normalized spacial score (nSPS) is 13.0. The fourth-order valence-electron chi connectivity index (χ4n) is 2.99. The second kappa shape index (κ2) is 5.28. The first-order valence-corrected chi connectivity index (χ1v) is 7.75. The Morgan fingerprint density at radius 2 is 1.87 bits per heavy atom. The van der Waals surface area contributed by atoms with Crippen molar-refractivity contribution in [2.45, 2.75) is 20.4 Å². The van der Waals surface area contributed by atoms with Crippen LogP contribution in [0.1, 0.15) is 11.1 Å². The number of nitrogens with two attached hydrogens (primary N) is 1. The van der Waals surface area contributed by atoms with E-state index in [1.165, 1.54) is 11.1 Å². The quantitative estimate of drug-likeness (QED) is 0.808. The van der Waals surface area contributed by atoms with Gasteiger partial charge in [0.15, 0.2) is 11.5 Å². The number of imidazole rings is 1. The van der Waals surface area contributed by atoms with E-state index >= 15 is 0 Å². The molecule has 2 heterocycles. The molecule has 0 radical (unpaired) electrons. The number of nitrogens with zero attached hydrogens (tertiary/aromatic N) is 2. The highest BCUT2D eigenvalue weighted by atomic mass is 16.7. The lowest BCUT2D eigenvalue weighted by Crippen LogP contribution is -2.11. The lowest BCUT2D eigenvalue weighted by molar-refractivity contribution is 0.174. The number of hydrogen-bond donors (Lipinski definition) is 1. The van der Waals surface area contributed by atoms with Crippen LogP contribution in [-0.4, -0.2) is 22.9 Å². The second-order valence-corrected chi connectivity index (χ2v) is 5.87. The van der Waals surface area contributed by atoms with Gasteiger partial charge in [0.2, 0.25) is 6.79 Å². The van der Waals surface area contributed by atoms with Crippen LogP contribution >= 0.6 is 0 Å². The van der Waals surface area contributed by atoms with Crippen molar-refractivity contribution in [1.29, 1.82) is 0 Å². The molecule has 5 heteroatoms. The number of benzene rings is 2. The van der Waals surface area contributed by atoms with E-state index < -0.39 is 0 Å². The van der Waals surface area contributed by atoms with Crippen molar-refractivity contribution < 1.29 is 9.47 Å². The molecule has 1 aliphatic heterocycles. The van der Waals surface area contributed by atoms with Gasteiger partial charge in [0.05, 0.1) is 11.0 Å². The number of aromatic nitrogens is 2. The van der Waals surface area contributed by atoms with Gasteiger partial charge in [-0.05, 0) is 55.3 Å². The van der Waals surface area contributed by atoms with E-state index in [-0.39, 0.29) is 6.79 Å². The third-order valence-electron chi connectivity index (χ3n) is 4.35. The summed E-state index contributed by atoms with van der Waals surface area (Å²) >= 11 is 0. The Balaban J connectivity index is 1.93.